The van der Waals surface area contributed by atoms with Crippen LogP contribution in [0.1, 0.15) is 57.3 Å². The molecular formula is C17H29BrN2O2SSi. The Morgan fingerprint density at radius 2 is 2.17 bits per heavy atom. The van der Waals surface area contributed by atoms with Gasteiger partial charge in [-0.1, -0.05) is 36.7 Å². The van der Waals surface area contributed by atoms with Crippen LogP contribution in [0.25, 0.3) is 6.08 Å². The van der Waals surface area contributed by atoms with Gasteiger partial charge in [-0.3, -0.25) is 4.79 Å². The molecule has 1 unspecified atom stereocenters. The summed E-state index contributed by atoms with van der Waals surface area (Å²) in [5.41, 5.74) is 0.899. The first-order valence-corrected chi connectivity index (χ1v) is 12.9. The van der Waals surface area contributed by atoms with Crippen molar-refractivity contribution in [3.8, 4) is 0 Å². The van der Waals surface area contributed by atoms with Crippen molar-refractivity contribution >= 4 is 47.6 Å². The summed E-state index contributed by atoms with van der Waals surface area (Å²) in [4.78, 5) is 18.3. The molecule has 1 N–H and O–H groups in total. The molecule has 0 spiro atoms. The molecule has 7 heteroatoms. The molecule has 1 aromatic heterocycles. The third kappa shape index (κ3) is 6.78. The molecule has 0 aliphatic heterocycles. The van der Waals surface area contributed by atoms with Gasteiger partial charge in [0.25, 0.3) is 0 Å². The van der Waals surface area contributed by atoms with E-state index in [2.05, 4.69) is 60.1 Å². The Bertz CT molecular complexity index is 567. The number of nitrogens with zero attached hydrogens (tertiary/aromatic N) is 1. The van der Waals surface area contributed by atoms with Crippen LogP contribution < -0.4 is 5.32 Å². The maximum absolute atomic E-state index is 12.1. The lowest BCUT2D eigenvalue weighted by molar-refractivity contribution is -0.122. The summed E-state index contributed by atoms with van der Waals surface area (Å²) < 4.78 is 6.10. The zero-order valence-corrected chi connectivity index (χ0v) is 18.9. The second kappa shape index (κ2) is 9.27. The molecule has 0 fully saturated rings. The Balaban J connectivity index is 2.35. The van der Waals surface area contributed by atoms with E-state index >= 15 is 0 Å². The van der Waals surface area contributed by atoms with Gasteiger partial charge in [-0.2, -0.15) is 0 Å². The number of thiazole rings is 1. The quantitative estimate of drug-likeness (QED) is 0.436. The van der Waals surface area contributed by atoms with E-state index in [1.807, 2.05) is 18.4 Å². The van der Waals surface area contributed by atoms with Gasteiger partial charge < -0.3 is 9.74 Å². The summed E-state index contributed by atoms with van der Waals surface area (Å²) in [7, 11) is -1.72. The van der Waals surface area contributed by atoms with E-state index in [1.165, 1.54) is 0 Å². The van der Waals surface area contributed by atoms with E-state index in [0.29, 0.717) is 13.0 Å². The van der Waals surface area contributed by atoms with Gasteiger partial charge >= 0.3 is 0 Å². The maximum atomic E-state index is 12.1. The van der Waals surface area contributed by atoms with E-state index in [0.717, 1.165) is 17.1 Å². The van der Waals surface area contributed by atoms with Crippen molar-refractivity contribution < 1.29 is 9.22 Å². The second-order valence-electron chi connectivity index (χ2n) is 7.40. The van der Waals surface area contributed by atoms with Crippen LogP contribution in [0, 0.1) is 0 Å². The fraction of sp³-hybridized carbons (Fsp3) is 0.647. The molecule has 1 amide bonds. The molecular weight excluding hydrogens is 404 g/mol. The summed E-state index contributed by atoms with van der Waals surface area (Å²) >= 11 is 4.80. The van der Waals surface area contributed by atoms with Crippen molar-refractivity contribution in [2.45, 2.75) is 64.7 Å². The Morgan fingerprint density at radius 3 is 2.75 bits per heavy atom. The number of nitrogens with one attached hydrogen (secondary N) is 1. The van der Waals surface area contributed by atoms with Gasteiger partial charge in [-0.05, 0) is 42.5 Å². The molecule has 136 valence electrons. The van der Waals surface area contributed by atoms with Crippen LogP contribution in [-0.4, -0.2) is 25.8 Å². The number of aromatic nitrogens is 1. The molecule has 0 saturated heterocycles. The van der Waals surface area contributed by atoms with Crippen molar-refractivity contribution in [2.75, 3.05) is 6.61 Å². The van der Waals surface area contributed by atoms with Crippen LogP contribution >= 0.6 is 27.3 Å². The molecule has 4 nitrogen and oxygen atoms in total. The second-order valence-corrected chi connectivity index (χ2v) is 13.6. The average molecular weight is 433 g/mol. The zero-order valence-electron chi connectivity index (χ0n) is 15.5. The number of hydrogen-bond donors (Lipinski definition) is 1. The zero-order chi connectivity index (χ0) is 18.4. The third-order valence-corrected chi connectivity index (χ3v) is 10.2. The van der Waals surface area contributed by atoms with Crippen LogP contribution in [0.3, 0.4) is 0 Å². The summed E-state index contributed by atoms with van der Waals surface area (Å²) in [6.07, 6.45) is 3.12. The Morgan fingerprint density at radius 1 is 1.50 bits per heavy atom. The van der Waals surface area contributed by atoms with E-state index in [4.69, 9.17) is 4.43 Å². The largest absolute Gasteiger partial charge is 0.417 e. The first-order chi connectivity index (χ1) is 11.1. The highest BCUT2D eigenvalue weighted by molar-refractivity contribution is 9.11. The number of amides is 1. The van der Waals surface area contributed by atoms with Crippen LogP contribution in [0.15, 0.2) is 10.4 Å². The standard InChI is InChI=1S/C17H29BrN2O2SSi/c1-13(16-20-14(9-10-18)12-23-16)19-15(21)8-7-11-22-24(5,6)17(2,3)4/h9-10,12-13H,7-8,11H2,1-6H3,(H,19,21)/b10-9+. The van der Waals surface area contributed by atoms with Gasteiger partial charge in [0.1, 0.15) is 5.01 Å². The van der Waals surface area contributed by atoms with Crippen molar-refractivity contribution in [1.82, 2.24) is 10.3 Å². The molecule has 1 rings (SSSR count). The molecule has 0 aliphatic rings. The number of carbonyl (C=O) groups excluding carboxylic acids is 1. The van der Waals surface area contributed by atoms with Crippen molar-refractivity contribution in [1.29, 1.82) is 0 Å². The Labute approximate surface area is 159 Å². The lowest BCUT2D eigenvalue weighted by atomic mass is 10.2. The smallest absolute Gasteiger partial charge is 0.220 e. The highest BCUT2D eigenvalue weighted by atomic mass is 79.9. The first-order valence-electron chi connectivity index (χ1n) is 8.22. The van der Waals surface area contributed by atoms with E-state index in [-0.39, 0.29) is 17.0 Å². The Kier molecular flexibility index (Phi) is 8.32. The molecule has 0 aliphatic carbocycles. The third-order valence-electron chi connectivity index (χ3n) is 4.34. The van der Waals surface area contributed by atoms with E-state index in [9.17, 15) is 4.79 Å². The number of hydrogen-bond acceptors (Lipinski definition) is 4. The minimum Gasteiger partial charge on any atom is -0.417 e. The van der Waals surface area contributed by atoms with Gasteiger partial charge in [0.15, 0.2) is 8.32 Å². The van der Waals surface area contributed by atoms with Crippen molar-refractivity contribution in [3.63, 3.8) is 0 Å². The van der Waals surface area contributed by atoms with E-state index < -0.39 is 8.32 Å². The van der Waals surface area contributed by atoms with Gasteiger partial charge in [-0.25, -0.2) is 4.98 Å². The topological polar surface area (TPSA) is 51.2 Å². The van der Waals surface area contributed by atoms with E-state index in [1.54, 1.807) is 16.3 Å². The van der Waals surface area contributed by atoms with Gasteiger partial charge in [-0.15, -0.1) is 11.3 Å². The minimum absolute atomic E-state index is 0.0501. The molecule has 0 radical (unpaired) electrons. The molecule has 0 bridgehead atoms. The maximum Gasteiger partial charge on any atom is 0.220 e. The van der Waals surface area contributed by atoms with Crippen molar-refractivity contribution in [2.24, 2.45) is 0 Å². The minimum atomic E-state index is -1.72. The highest BCUT2D eigenvalue weighted by Gasteiger charge is 2.36. The normalized spacial score (nSPS) is 14.1. The first kappa shape index (κ1) is 21.5. The van der Waals surface area contributed by atoms with Crippen LogP contribution in [0.5, 0.6) is 0 Å². The molecule has 1 atom stereocenters. The van der Waals surface area contributed by atoms with Crippen LogP contribution in [0.4, 0.5) is 0 Å². The Hall–Kier alpha value is -0.503. The van der Waals surface area contributed by atoms with Gasteiger partial charge in [0, 0.05) is 18.4 Å². The molecule has 24 heavy (non-hydrogen) atoms. The monoisotopic (exact) mass is 432 g/mol. The molecule has 1 aromatic rings. The summed E-state index contributed by atoms with van der Waals surface area (Å²) in [6, 6.07) is -0.0683. The summed E-state index contributed by atoms with van der Waals surface area (Å²) in [5, 5.41) is 6.11. The van der Waals surface area contributed by atoms with Crippen LogP contribution in [-0.2, 0) is 9.22 Å². The summed E-state index contributed by atoms with van der Waals surface area (Å²) in [6.45, 7) is 13.7. The fourth-order valence-corrected chi connectivity index (χ4v) is 3.95. The molecule has 0 saturated carbocycles. The predicted octanol–water partition coefficient (Wildman–Crippen LogP) is 5.49. The number of halogens is 1. The average Bonchev–Trinajstić information content (AvgIpc) is 2.91. The lowest BCUT2D eigenvalue weighted by Gasteiger charge is -2.36. The van der Waals surface area contributed by atoms with Gasteiger partial charge in [0.05, 0.1) is 11.7 Å². The van der Waals surface area contributed by atoms with Crippen LogP contribution in [0.2, 0.25) is 18.1 Å². The molecule has 0 aromatic carbocycles. The lowest BCUT2D eigenvalue weighted by Crippen LogP contribution is -2.41. The fourth-order valence-electron chi connectivity index (χ4n) is 1.79. The highest BCUT2D eigenvalue weighted by Crippen LogP contribution is 2.36. The number of carbonyl (C=O) groups is 1. The summed E-state index contributed by atoms with van der Waals surface area (Å²) in [5.74, 6) is 0.0501. The SMILES string of the molecule is CC(NC(=O)CCCO[Si](C)(C)C(C)(C)C)c1nc(/C=C/Br)cs1. The van der Waals surface area contributed by atoms with Crippen molar-refractivity contribution in [3.05, 3.63) is 21.1 Å². The molecule has 1 heterocycles. The predicted molar refractivity (Wildman–Crippen MR) is 109 cm³/mol. The van der Waals surface area contributed by atoms with Gasteiger partial charge in [0.2, 0.25) is 5.91 Å². The number of rotatable bonds is 8.